The monoisotopic (exact) mass is 902 g/mol. The lowest BCUT2D eigenvalue weighted by atomic mass is 9.44. The third kappa shape index (κ3) is 8.68. The first-order valence-electron chi connectivity index (χ1n) is 23.4. The minimum Gasteiger partial charge on any atom is -0.494 e. The summed E-state index contributed by atoms with van der Waals surface area (Å²) in [6.45, 7) is 8.32. The fraction of sp³-hybridized carbons (Fsp3) is 0.956. The number of methoxy groups -OCH3 is 1. The van der Waals surface area contributed by atoms with Crippen LogP contribution in [0, 0.1) is 46.3 Å². The van der Waals surface area contributed by atoms with Crippen LogP contribution in [-0.2, 0) is 37.9 Å². The summed E-state index contributed by atoms with van der Waals surface area (Å²) < 4.78 is 47.4. The van der Waals surface area contributed by atoms with Crippen LogP contribution in [-0.4, -0.2) is 183 Å². The predicted octanol–water partition coefficient (Wildman–Crippen LogP) is -0.218. The molecule has 0 radical (unpaired) electrons. The van der Waals surface area contributed by atoms with Crippen LogP contribution < -0.4 is 0 Å². The van der Waals surface area contributed by atoms with Gasteiger partial charge in [0.25, 0.3) is 0 Å². The van der Waals surface area contributed by atoms with Gasteiger partial charge in [-0.3, -0.25) is 0 Å². The summed E-state index contributed by atoms with van der Waals surface area (Å²) in [6, 6.07) is 0. The second-order valence-electron chi connectivity index (χ2n) is 20.8. The molecule has 362 valence electrons. The van der Waals surface area contributed by atoms with Crippen molar-refractivity contribution in [3.63, 3.8) is 0 Å². The van der Waals surface area contributed by atoms with E-state index < -0.39 is 106 Å². The maximum Gasteiger partial charge on any atom is 0.189 e. The van der Waals surface area contributed by atoms with Crippen molar-refractivity contribution in [1.29, 1.82) is 0 Å². The Balaban J connectivity index is 0.872. The second-order valence-corrected chi connectivity index (χ2v) is 20.8. The number of rotatable bonds is 13. The number of hydrogen-bond acceptors (Lipinski definition) is 18. The molecule has 8 rings (SSSR count). The largest absolute Gasteiger partial charge is 0.494 e. The van der Waals surface area contributed by atoms with Crippen LogP contribution in [0.4, 0.5) is 0 Å². The molecule has 25 unspecified atom stereocenters. The van der Waals surface area contributed by atoms with Crippen molar-refractivity contribution >= 4 is 0 Å². The Kier molecular flexibility index (Phi) is 14.6. The quantitative estimate of drug-likeness (QED) is 0.107. The molecule has 10 N–H and O–H groups in total. The van der Waals surface area contributed by atoms with Gasteiger partial charge in [0.05, 0.1) is 31.7 Å². The topological polar surface area (TPSA) is 276 Å². The Morgan fingerprint density at radius 2 is 1.30 bits per heavy atom. The van der Waals surface area contributed by atoms with E-state index in [2.05, 4.69) is 27.7 Å². The molecule has 7 fully saturated rings. The third-order valence-electron chi connectivity index (χ3n) is 17.3. The molecule has 18 nitrogen and oxygen atoms in total. The Hall–Kier alpha value is -1.14. The molecule has 63 heavy (non-hydrogen) atoms. The summed E-state index contributed by atoms with van der Waals surface area (Å²) in [7, 11) is 1.36. The summed E-state index contributed by atoms with van der Waals surface area (Å²) in [6.07, 6.45) is -11.9. The van der Waals surface area contributed by atoms with Gasteiger partial charge in [0, 0.05) is 19.4 Å². The molecule has 4 heterocycles. The van der Waals surface area contributed by atoms with Crippen LogP contribution >= 0.6 is 0 Å². The molecule has 4 saturated carbocycles. The van der Waals surface area contributed by atoms with E-state index in [-0.39, 0.29) is 29.0 Å². The molecule has 0 bridgehead atoms. The van der Waals surface area contributed by atoms with Crippen molar-refractivity contribution in [2.75, 3.05) is 26.9 Å². The predicted molar refractivity (Wildman–Crippen MR) is 217 cm³/mol. The van der Waals surface area contributed by atoms with Gasteiger partial charge in [-0.1, -0.05) is 20.8 Å². The van der Waals surface area contributed by atoms with Crippen LogP contribution in [0.25, 0.3) is 0 Å². The van der Waals surface area contributed by atoms with E-state index in [4.69, 9.17) is 37.9 Å². The summed E-state index contributed by atoms with van der Waals surface area (Å²) in [5.74, 6) is 3.63. The normalized spacial score (nSPS) is 52.7. The smallest absolute Gasteiger partial charge is 0.189 e. The van der Waals surface area contributed by atoms with Crippen molar-refractivity contribution in [3.8, 4) is 0 Å². The highest BCUT2D eigenvalue weighted by Gasteiger charge is 2.65. The lowest BCUT2D eigenvalue weighted by molar-refractivity contribution is -0.373. The molecule has 0 aromatic carbocycles. The highest BCUT2D eigenvalue weighted by Crippen LogP contribution is 2.70. The fourth-order valence-corrected chi connectivity index (χ4v) is 13.6. The van der Waals surface area contributed by atoms with E-state index in [1.54, 1.807) is 0 Å². The Morgan fingerprint density at radius 1 is 0.667 bits per heavy atom. The van der Waals surface area contributed by atoms with E-state index >= 15 is 0 Å². The first-order valence-corrected chi connectivity index (χ1v) is 23.4. The minimum atomic E-state index is -1.74. The van der Waals surface area contributed by atoms with E-state index in [0.29, 0.717) is 36.2 Å². The molecule has 0 aromatic heterocycles. The number of ether oxygens (including phenoxy) is 8. The standard InChI is InChI=1S/C45H74O18/c1-19(18-57-41-37(54)34(51)36(53)40(56-5)63-41)6-9-26-20(2)30-27(59-26)15-25-23-8-7-21-14-22(10-12-44(21,3)24(23)11-13-45(25,30)4)58-43-39(35(52)32(49)29(17-47)61-43)62-42-38(55)33(50)31(48)28(16-46)60-42/h19,21-25,27-43,46-55H,6-18H2,1-5H3. The molecule has 0 spiro atoms. The number of aliphatic hydroxyl groups is 10. The lowest BCUT2D eigenvalue weighted by Gasteiger charge is -2.61. The van der Waals surface area contributed by atoms with Gasteiger partial charge in [0.15, 0.2) is 25.2 Å². The Bertz CT molecular complexity index is 1580. The number of allylic oxidation sites excluding steroid dienone is 1. The minimum absolute atomic E-state index is 0.0982. The molecule has 0 aromatic rings. The van der Waals surface area contributed by atoms with Crippen molar-refractivity contribution in [2.24, 2.45) is 46.3 Å². The molecule has 4 aliphatic heterocycles. The van der Waals surface area contributed by atoms with Crippen LogP contribution in [0.5, 0.6) is 0 Å². The maximum absolute atomic E-state index is 11.2. The maximum atomic E-state index is 11.2. The fourth-order valence-electron chi connectivity index (χ4n) is 13.6. The van der Waals surface area contributed by atoms with Gasteiger partial charge >= 0.3 is 0 Å². The molecule has 8 aliphatic rings. The molecule has 4 aliphatic carbocycles. The molecule has 3 saturated heterocycles. The van der Waals surface area contributed by atoms with Gasteiger partial charge < -0.3 is 89.0 Å². The van der Waals surface area contributed by atoms with Gasteiger partial charge in [-0.05, 0) is 111 Å². The number of fused-ring (bicyclic) bond motifs is 7. The van der Waals surface area contributed by atoms with Gasteiger partial charge in [-0.15, -0.1) is 0 Å². The van der Waals surface area contributed by atoms with E-state index in [0.717, 1.165) is 70.0 Å². The summed E-state index contributed by atoms with van der Waals surface area (Å²) >= 11 is 0. The van der Waals surface area contributed by atoms with Crippen LogP contribution in [0.3, 0.4) is 0 Å². The van der Waals surface area contributed by atoms with Crippen molar-refractivity contribution < 1.29 is 89.0 Å². The molecular formula is C45H74O18. The SMILES string of the molecule is COC1OC(OCC(C)CCC2=C(C)C3C(CC4C5CCC6CC(OC7OC(CO)C(O)C(O)C7OC7OC(CO)C(O)C(O)C7O)CCC6(C)C5CCC43C)O2)C(O)C(O)C1O. The van der Waals surface area contributed by atoms with Crippen LogP contribution in [0.15, 0.2) is 11.3 Å². The highest BCUT2D eigenvalue weighted by atomic mass is 16.8. The van der Waals surface area contributed by atoms with Gasteiger partial charge in [-0.2, -0.15) is 0 Å². The second kappa shape index (κ2) is 19.1. The van der Waals surface area contributed by atoms with E-state index in [1.807, 2.05) is 0 Å². The molecule has 25 atom stereocenters. The zero-order valence-corrected chi connectivity index (χ0v) is 37.2. The first kappa shape index (κ1) is 48.3. The lowest BCUT2D eigenvalue weighted by Crippen LogP contribution is -2.65. The Labute approximate surface area is 369 Å². The average Bonchev–Trinajstić information content (AvgIpc) is 3.76. The summed E-state index contributed by atoms with van der Waals surface area (Å²) in [5, 5.41) is 104. The van der Waals surface area contributed by atoms with Crippen molar-refractivity contribution in [1.82, 2.24) is 0 Å². The van der Waals surface area contributed by atoms with E-state index in [9.17, 15) is 51.1 Å². The molecular weight excluding hydrogens is 828 g/mol. The zero-order chi connectivity index (χ0) is 45.3. The van der Waals surface area contributed by atoms with Crippen LogP contribution in [0.2, 0.25) is 0 Å². The van der Waals surface area contributed by atoms with Crippen molar-refractivity contribution in [3.05, 3.63) is 11.3 Å². The number of hydrogen-bond donors (Lipinski definition) is 10. The summed E-state index contributed by atoms with van der Waals surface area (Å²) in [5.41, 5.74) is 1.59. The van der Waals surface area contributed by atoms with Crippen LogP contribution in [0.1, 0.15) is 91.9 Å². The third-order valence-corrected chi connectivity index (χ3v) is 17.3. The van der Waals surface area contributed by atoms with E-state index in [1.165, 1.54) is 12.7 Å². The number of aliphatic hydroxyl groups excluding tert-OH is 10. The van der Waals surface area contributed by atoms with Gasteiger partial charge in [0.1, 0.15) is 73.2 Å². The average molecular weight is 903 g/mol. The zero-order valence-electron chi connectivity index (χ0n) is 37.2. The molecule has 0 amide bonds. The van der Waals surface area contributed by atoms with Crippen molar-refractivity contribution in [2.45, 2.75) is 196 Å². The summed E-state index contributed by atoms with van der Waals surface area (Å²) in [4.78, 5) is 0. The first-order chi connectivity index (χ1) is 29.9. The highest BCUT2D eigenvalue weighted by molar-refractivity contribution is 5.26. The molecule has 18 heteroatoms. The Morgan fingerprint density at radius 3 is 2.00 bits per heavy atom. The van der Waals surface area contributed by atoms with Gasteiger partial charge in [0.2, 0.25) is 0 Å². The van der Waals surface area contributed by atoms with Gasteiger partial charge in [-0.25, -0.2) is 0 Å².